The number of carboxylic acid groups (broad SMARTS) is 1. The minimum Gasteiger partial charge on any atom is -0.480 e. The molecular formula is C13H13N3O5. The van der Waals surface area contributed by atoms with Crippen LogP contribution in [0.2, 0.25) is 0 Å². The van der Waals surface area contributed by atoms with Crippen LogP contribution in [0.1, 0.15) is 34.1 Å². The van der Waals surface area contributed by atoms with Gasteiger partial charge in [0.05, 0.1) is 11.1 Å². The van der Waals surface area contributed by atoms with Crippen LogP contribution >= 0.6 is 0 Å². The monoisotopic (exact) mass is 291 g/mol. The second kappa shape index (κ2) is 5.61. The lowest BCUT2D eigenvalue weighted by Crippen LogP contribution is -2.42. The average molecular weight is 291 g/mol. The largest absolute Gasteiger partial charge is 0.480 e. The molecule has 1 heterocycles. The lowest BCUT2D eigenvalue weighted by Gasteiger charge is -2.13. The third-order valence-electron chi connectivity index (χ3n) is 3.01. The summed E-state index contributed by atoms with van der Waals surface area (Å²) in [4.78, 5) is 45.4. The van der Waals surface area contributed by atoms with Crippen LogP contribution in [0.4, 0.5) is 10.5 Å². The summed E-state index contributed by atoms with van der Waals surface area (Å²) in [6.45, 7) is 1.63. The van der Waals surface area contributed by atoms with Crippen LogP contribution in [0.25, 0.3) is 0 Å². The summed E-state index contributed by atoms with van der Waals surface area (Å²) in [5.41, 5.74) is 0.697. The van der Waals surface area contributed by atoms with E-state index in [1.54, 1.807) is 6.92 Å². The molecule has 21 heavy (non-hydrogen) atoms. The van der Waals surface area contributed by atoms with Crippen molar-refractivity contribution in [3.63, 3.8) is 0 Å². The van der Waals surface area contributed by atoms with E-state index in [0.29, 0.717) is 0 Å². The number of aliphatic carboxylic acids is 1. The molecule has 1 aromatic carbocycles. The SMILES string of the molecule is CC[C@H](NC(=O)Nc1ccc2c(c1)C(=O)NC2=O)C(=O)O. The molecule has 8 nitrogen and oxygen atoms in total. The molecule has 0 spiro atoms. The van der Waals surface area contributed by atoms with Crippen LogP contribution in [0.15, 0.2) is 18.2 Å². The number of carbonyl (C=O) groups excluding carboxylic acids is 3. The van der Waals surface area contributed by atoms with E-state index in [2.05, 4.69) is 16.0 Å². The number of rotatable bonds is 4. The minimum atomic E-state index is -1.13. The Kier molecular flexibility index (Phi) is 3.88. The molecule has 1 aromatic rings. The van der Waals surface area contributed by atoms with Crippen molar-refractivity contribution in [1.29, 1.82) is 0 Å². The van der Waals surface area contributed by atoms with Crippen molar-refractivity contribution in [3.05, 3.63) is 29.3 Å². The maximum Gasteiger partial charge on any atom is 0.326 e. The van der Waals surface area contributed by atoms with Crippen molar-refractivity contribution < 1.29 is 24.3 Å². The second-order valence-electron chi connectivity index (χ2n) is 4.44. The summed E-state index contributed by atoms with van der Waals surface area (Å²) >= 11 is 0. The topological polar surface area (TPSA) is 125 Å². The second-order valence-corrected chi connectivity index (χ2v) is 4.44. The number of benzene rings is 1. The molecule has 0 aliphatic carbocycles. The molecule has 0 saturated carbocycles. The van der Waals surface area contributed by atoms with Crippen LogP contribution in [0, 0.1) is 0 Å². The Bertz CT molecular complexity index is 641. The number of carbonyl (C=O) groups is 4. The molecule has 1 aliphatic heterocycles. The number of anilines is 1. The number of fused-ring (bicyclic) bond motifs is 1. The molecule has 0 radical (unpaired) electrons. The van der Waals surface area contributed by atoms with Crippen LogP contribution in [-0.2, 0) is 4.79 Å². The Balaban J connectivity index is 2.09. The van der Waals surface area contributed by atoms with Gasteiger partial charge in [-0.3, -0.25) is 14.9 Å². The predicted molar refractivity (Wildman–Crippen MR) is 72.1 cm³/mol. The van der Waals surface area contributed by atoms with Crippen LogP contribution in [0.3, 0.4) is 0 Å². The van der Waals surface area contributed by atoms with Gasteiger partial charge in [-0.2, -0.15) is 0 Å². The van der Waals surface area contributed by atoms with Crippen molar-refractivity contribution in [2.75, 3.05) is 5.32 Å². The van der Waals surface area contributed by atoms with Gasteiger partial charge in [-0.05, 0) is 24.6 Å². The van der Waals surface area contributed by atoms with Gasteiger partial charge in [0.1, 0.15) is 6.04 Å². The lowest BCUT2D eigenvalue weighted by molar-refractivity contribution is -0.139. The minimum absolute atomic E-state index is 0.170. The summed E-state index contributed by atoms with van der Waals surface area (Å²) in [6, 6.07) is 2.53. The van der Waals surface area contributed by atoms with Crippen molar-refractivity contribution in [3.8, 4) is 0 Å². The molecule has 0 aromatic heterocycles. The first-order valence-electron chi connectivity index (χ1n) is 6.22. The van der Waals surface area contributed by atoms with Gasteiger partial charge in [0.2, 0.25) is 0 Å². The Hall–Kier alpha value is -2.90. The molecule has 4 N–H and O–H groups in total. The molecule has 0 bridgehead atoms. The first-order chi connectivity index (χ1) is 9.92. The molecule has 0 fully saturated rings. The number of imide groups is 1. The van der Waals surface area contributed by atoms with E-state index in [1.807, 2.05) is 0 Å². The standard InChI is InChI=1S/C13H13N3O5/c1-2-9(12(19)20)15-13(21)14-6-3-4-7-8(5-6)11(18)16-10(7)17/h3-5,9H,2H2,1H3,(H,19,20)(H2,14,15,21)(H,16,17,18)/t9-/m0/s1. The highest BCUT2D eigenvalue weighted by atomic mass is 16.4. The predicted octanol–water partition coefficient (Wildman–Crippen LogP) is 0.555. The summed E-state index contributed by atoms with van der Waals surface area (Å²) in [6.07, 6.45) is 0.240. The summed E-state index contributed by atoms with van der Waals surface area (Å²) in [5.74, 6) is -2.15. The Morgan fingerprint density at radius 2 is 1.90 bits per heavy atom. The summed E-state index contributed by atoms with van der Waals surface area (Å²) in [7, 11) is 0. The van der Waals surface area contributed by atoms with Gasteiger partial charge in [0, 0.05) is 5.69 Å². The fourth-order valence-electron chi connectivity index (χ4n) is 1.91. The maximum atomic E-state index is 11.7. The van der Waals surface area contributed by atoms with E-state index in [-0.39, 0.29) is 23.2 Å². The molecule has 110 valence electrons. The maximum absolute atomic E-state index is 11.7. The fourth-order valence-corrected chi connectivity index (χ4v) is 1.91. The number of urea groups is 1. The Morgan fingerprint density at radius 3 is 2.52 bits per heavy atom. The zero-order valence-corrected chi connectivity index (χ0v) is 11.1. The van der Waals surface area contributed by atoms with Crippen molar-refractivity contribution in [2.45, 2.75) is 19.4 Å². The smallest absolute Gasteiger partial charge is 0.326 e. The number of hydrogen-bond acceptors (Lipinski definition) is 4. The Labute approximate surface area is 119 Å². The third kappa shape index (κ3) is 2.99. The van der Waals surface area contributed by atoms with E-state index in [0.717, 1.165) is 0 Å². The fraction of sp³-hybridized carbons (Fsp3) is 0.231. The molecule has 1 aliphatic rings. The highest BCUT2D eigenvalue weighted by Gasteiger charge is 2.27. The van der Waals surface area contributed by atoms with Crippen LogP contribution < -0.4 is 16.0 Å². The molecular weight excluding hydrogens is 278 g/mol. The summed E-state index contributed by atoms with van der Waals surface area (Å²) < 4.78 is 0. The zero-order chi connectivity index (χ0) is 15.6. The summed E-state index contributed by atoms with van der Waals surface area (Å²) in [5, 5.41) is 15.7. The number of carboxylic acids is 1. The molecule has 1 atom stereocenters. The molecule has 0 unspecified atom stereocenters. The van der Waals surface area contributed by atoms with Gasteiger partial charge in [0.15, 0.2) is 0 Å². The average Bonchev–Trinajstić information content (AvgIpc) is 2.70. The van der Waals surface area contributed by atoms with Crippen molar-refractivity contribution >= 4 is 29.5 Å². The van der Waals surface area contributed by atoms with Crippen LogP contribution in [0.5, 0.6) is 0 Å². The molecule has 4 amide bonds. The van der Waals surface area contributed by atoms with Gasteiger partial charge < -0.3 is 15.7 Å². The molecule has 0 saturated heterocycles. The lowest BCUT2D eigenvalue weighted by atomic mass is 10.1. The number of nitrogens with one attached hydrogen (secondary N) is 3. The van der Waals surface area contributed by atoms with Gasteiger partial charge in [-0.25, -0.2) is 9.59 Å². The van der Waals surface area contributed by atoms with Crippen LogP contribution in [-0.4, -0.2) is 35.0 Å². The van der Waals surface area contributed by atoms with E-state index in [1.165, 1.54) is 18.2 Å². The zero-order valence-electron chi connectivity index (χ0n) is 11.1. The quantitative estimate of drug-likeness (QED) is 0.603. The first kappa shape index (κ1) is 14.5. The first-order valence-corrected chi connectivity index (χ1v) is 6.22. The van der Waals surface area contributed by atoms with Gasteiger partial charge in [-0.1, -0.05) is 6.92 Å². The number of hydrogen-bond donors (Lipinski definition) is 4. The van der Waals surface area contributed by atoms with Gasteiger partial charge in [0.25, 0.3) is 11.8 Å². The molecule has 2 rings (SSSR count). The van der Waals surface area contributed by atoms with E-state index in [4.69, 9.17) is 5.11 Å². The highest BCUT2D eigenvalue weighted by Crippen LogP contribution is 2.20. The van der Waals surface area contributed by atoms with E-state index < -0.39 is 29.9 Å². The highest BCUT2D eigenvalue weighted by molar-refractivity contribution is 6.22. The van der Waals surface area contributed by atoms with E-state index in [9.17, 15) is 19.2 Å². The molecule has 8 heteroatoms. The van der Waals surface area contributed by atoms with Gasteiger partial charge in [-0.15, -0.1) is 0 Å². The third-order valence-corrected chi connectivity index (χ3v) is 3.01. The van der Waals surface area contributed by atoms with Crippen molar-refractivity contribution in [2.24, 2.45) is 0 Å². The van der Waals surface area contributed by atoms with E-state index >= 15 is 0 Å². The van der Waals surface area contributed by atoms with Crippen molar-refractivity contribution in [1.82, 2.24) is 10.6 Å². The van der Waals surface area contributed by atoms with Gasteiger partial charge >= 0.3 is 12.0 Å². The number of amides is 4. The Morgan fingerprint density at radius 1 is 1.24 bits per heavy atom. The normalized spacial score (nSPS) is 14.1.